The van der Waals surface area contributed by atoms with E-state index in [1.54, 1.807) is 0 Å². The van der Waals surface area contributed by atoms with Crippen molar-refractivity contribution in [2.75, 3.05) is 32.8 Å². The van der Waals surface area contributed by atoms with Crippen LogP contribution in [0.1, 0.15) is 37.8 Å². The maximum atomic E-state index is 12.1. The van der Waals surface area contributed by atoms with Crippen LogP contribution in [0.3, 0.4) is 0 Å². The summed E-state index contributed by atoms with van der Waals surface area (Å²) < 4.78 is 11.2. The molecule has 1 aromatic rings. The summed E-state index contributed by atoms with van der Waals surface area (Å²) in [5.74, 6) is 1.31. The van der Waals surface area contributed by atoms with Gasteiger partial charge in [-0.3, -0.25) is 10.1 Å². The molecule has 2 aliphatic heterocycles. The number of quaternary nitrogens is 1. The van der Waals surface area contributed by atoms with Crippen LogP contribution in [0.15, 0.2) is 18.2 Å². The third kappa shape index (κ3) is 4.42. The number of urea groups is 1. The van der Waals surface area contributed by atoms with Gasteiger partial charge < -0.3 is 19.7 Å². The van der Waals surface area contributed by atoms with E-state index < -0.39 is 6.03 Å². The van der Waals surface area contributed by atoms with Gasteiger partial charge in [0.15, 0.2) is 18.0 Å². The molecule has 0 saturated carbocycles. The van der Waals surface area contributed by atoms with Crippen LogP contribution in [0.4, 0.5) is 4.79 Å². The molecule has 1 aromatic carbocycles. The molecule has 1 unspecified atom stereocenters. The first-order valence-electron chi connectivity index (χ1n) is 8.99. The van der Waals surface area contributed by atoms with Crippen LogP contribution < -0.4 is 25.0 Å². The minimum Gasteiger partial charge on any atom is -0.486 e. The zero-order chi connectivity index (χ0) is 17.6. The summed E-state index contributed by atoms with van der Waals surface area (Å²) in [6, 6.07) is 5.84. The van der Waals surface area contributed by atoms with Crippen LogP contribution in [0.2, 0.25) is 0 Å². The predicted octanol–water partition coefficient (Wildman–Crippen LogP) is 0.413. The lowest BCUT2D eigenvalue weighted by molar-refractivity contribution is -0.910. The Morgan fingerprint density at radius 3 is 2.84 bits per heavy atom. The molecule has 7 nitrogen and oxygen atoms in total. The number of rotatable bonds is 5. The van der Waals surface area contributed by atoms with E-state index in [0.29, 0.717) is 26.3 Å². The average molecular weight is 348 g/mol. The molecule has 1 fully saturated rings. The Morgan fingerprint density at radius 1 is 1.24 bits per heavy atom. The zero-order valence-electron chi connectivity index (χ0n) is 14.6. The number of hydrogen-bond acceptors (Lipinski definition) is 4. The number of fused-ring (bicyclic) bond motifs is 1. The Balaban J connectivity index is 1.60. The van der Waals surface area contributed by atoms with Crippen LogP contribution in [0, 0.1) is 0 Å². The van der Waals surface area contributed by atoms with E-state index in [1.165, 1.54) is 4.90 Å². The highest BCUT2D eigenvalue weighted by Crippen LogP contribution is 2.33. The Bertz CT molecular complexity index is 635. The van der Waals surface area contributed by atoms with Gasteiger partial charge in [-0.15, -0.1) is 0 Å². The normalized spacial score (nSPS) is 21.6. The average Bonchev–Trinajstić information content (AvgIpc) is 3.07. The fraction of sp³-hybridized carbons (Fsp3) is 0.556. The van der Waals surface area contributed by atoms with Crippen LogP contribution in [0.5, 0.6) is 11.5 Å². The number of carbonyl (C=O) groups is 2. The number of likely N-dealkylation sites (tertiary alicyclic amines) is 1. The summed E-state index contributed by atoms with van der Waals surface area (Å²) in [6.07, 6.45) is 2.92. The third-order valence-corrected chi connectivity index (χ3v) is 4.63. The monoisotopic (exact) mass is 348 g/mol. The molecule has 2 atom stereocenters. The minimum absolute atomic E-state index is 0.236. The second kappa shape index (κ2) is 8.20. The van der Waals surface area contributed by atoms with Crippen LogP contribution >= 0.6 is 0 Å². The van der Waals surface area contributed by atoms with Crippen LogP contribution in [-0.4, -0.2) is 44.8 Å². The largest absolute Gasteiger partial charge is 0.486 e. The molecule has 0 aromatic heterocycles. The number of benzene rings is 1. The number of carbonyl (C=O) groups excluding carboxylic acids is 2. The predicted molar refractivity (Wildman–Crippen MR) is 91.9 cm³/mol. The van der Waals surface area contributed by atoms with Crippen LogP contribution in [0.25, 0.3) is 0 Å². The molecule has 136 valence electrons. The Labute approximate surface area is 147 Å². The zero-order valence-corrected chi connectivity index (χ0v) is 14.6. The van der Waals surface area contributed by atoms with E-state index in [0.717, 1.165) is 42.9 Å². The van der Waals surface area contributed by atoms with Crippen molar-refractivity contribution in [3.63, 3.8) is 0 Å². The van der Waals surface area contributed by atoms with Crippen molar-refractivity contribution in [2.24, 2.45) is 0 Å². The molecule has 7 heteroatoms. The van der Waals surface area contributed by atoms with Crippen molar-refractivity contribution < 1.29 is 24.0 Å². The first-order valence-corrected chi connectivity index (χ1v) is 8.99. The van der Waals surface area contributed by atoms with Gasteiger partial charge in [0.25, 0.3) is 5.91 Å². The van der Waals surface area contributed by atoms with Gasteiger partial charge in [-0.1, -0.05) is 6.92 Å². The van der Waals surface area contributed by atoms with Gasteiger partial charge in [-0.2, -0.15) is 0 Å². The lowest BCUT2D eigenvalue weighted by atomic mass is 10.0. The lowest BCUT2D eigenvalue weighted by Gasteiger charge is -2.23. The molecule has 3 amide bonds. The Hall–Kier alpha value is -2.28. The lowest BCUT2D eigenvalue weighted by Crippen LogP contribution is -3.11. The highest BCUT2D eigenvalue weighted by molar-refractivity contribution is 5.94. The van der Waals surface area contributed by atoms with Gasteiger partial charge in [0, 0.05) is 24.9 Å². The first kappa shape index (κ1) is 17.5. The summed E-state index contributed by atoms with van der Waals surface area (Å²) >= 11 is 0. The number of amides is 3. The van der Waals surface area contributed by atoms with E-state index in [4.69, 9.17) is 9.47 Å². The van der Waals surface area contributed by atoms with Crippen molar-refractivity contribution in [3.8, 4) is 11.5 Å². The van der Waals surface area contributed by atoms with E-state index in [1.807, 2.05) is 19.1 Å². The second-order valence-corrected chi connectivity index (χ2v) is 6.49. The minimum atomic E-state index is -0.415. The van der Waals surface area contributed by atoms with E-state index >= 15 is 0 Å². The second-order valence-electron chi connectivity index (χ2n) is 6.49. The van der Waals surface area contributed by atoms with Crippen LogP contribution in [-0.2, 0) is 4.79 Å². The summed E-state index contributed by atoms with van der Waals surface area (Å²) in [5.41, 5.74) is 1.15. The number of imide groups is 1. The van der Waals surface area contributed by atoms with Gasteiger partial charge in [-0.05, 0) is 24.6 Å². The summed E-state index contributed by atoms with van der Waals surface area (Å²) in [5, 5.41) is 5.06. The first-order chi connectivity index (χ1) is 12.2. The molecule has 0 radical (unpaired) electrons. The van der Waals surface area contributed by atoms with Crippen molar-refractivity contribution >= 4 is 11.9 Å². The molecule has 0 bridgehead atoms. The highest BCUT2D eigenvalue weighted by atomic mass is 16.6. The molecule has 3 rings (SSSR count). The Kier molecular flexibility index (Phi) is 5.75. The molecular weight excluding hydrogens is 322 g/mol. The SMILES string of the molecule is CCCNC(=O)NC(=O)C[NH+]1CCC[C@H]1c1ccc2c(c1)OCCO2. The van der Waals surface area contributed by atoms with Crippen molar-refractivity contribution in [3.05, 3.63) is 23.8 Å². The van der Waals surface area contributed by atoms with Crippen molar-refractivity contribution in [1.29, 1.82) is 0 Å². The smallest absolute Gasteiger partial charge is 0.321 e. The Morgan fingerprint density at radius 2 is 2.04 bits per heavy atom. The third-order valence-electron chi connectivity index (χ3n) is 4.63. The standard InChI is InChI=1S/C18H25N3O4/c1-2-7-19-18(23)20-17(22)12-21-8-3-4-14(21)13-5-6-15-16(11-13)25-10-9-24-15/h5-6,11,14H,2-4,7-10,12H2,1H3,(H2,19,20,22,23)/p+1/t14-/m0/s1. The summed E-state index contributed by atoms with van der Waals surface area (Å²) in [7, 11) is 0. The van der Waals surface area contributed by atoms with E-state index in [2.05, 4.69) is 16.7 Å². The highest BCUT2D eigenvalue weighted by Gasteiger charge is 2.32. The van der Waals surface area contributed by atoms with Gasteiger partial charge in [0.1, 0.15) is 19.3 Å². The fourth-order valence-electron chi connectivity index (χ4n) is 3.46. The van der Waals surface area contributed by atoms with Crippen molar-refractivity contribution in [2.45, 2.75) is 32.2 Å². The molecule has 25 heavy (non-hydrogen) atoms. The van der Waals surface area contributed by atoms with Crippen molar-refractivity contribution in [1.82, 2.24) is 10.6 Å². The summed E-state index contributed by atoms with van der Waals surface area (Å²) in [6.45, 7) is 4.88. The summed E-state index contributed by atoms with van der Waals surface area (Å²) in [4.78, 5) is 24.9. The maximum Gasteiger partial charge on any atom is 0.321 e. The number of ether oxygens (including phenoxy) is 2. The molecule has 2 heterocycles. The molecule has 0 spiro atoms. The van der Waals surface area contributed by atoms with Gasteiger partial charge >= 0.3 is 6.03 Å². The molecular formula is C18H26N3O4+. The molecule has 3 N–H and O–H groups in total. The van der Waals surface area contributed by atoms with E-state index in [-0.39, 0.29) is 11.9 Å². The molecule has 1 saturated heterocycles. The fourth-order valence-corrected chi connectivity index (χ4v) is 3.46. The van der Waals surface area contributed by atoms with Gasteiger partial charge in [0.05, 0.1) is 6.54 Å². The van der Waals surface area contributed by atoms with Gasteiger partial charge in [0.2, 0.25) is 0 Å². The quantitative estimate of drug-likeness (QED) is 0.720. The number of hydrogen-bond donors (Lipinski definition) is 3. The number of nitrogens with one attached hydrogen (secondary N) is 3. The van der Waals surface area contributed by atoms with E-state index in [9.17, 15) is 9.59 Å². The molecule has 0 aliphatic carbocycles. The molecule has 2 aliphatic rings. The maximum absolute atomic E-state index is 12.1. The van der Waals surface area contributed by atoms with Gasteiger partial charge in [-0.25, -0.2) is 4.79 Å². The topological polar surface area (TPSA) is 81.1 Å².